The quantitative estimate of drug-likeness (QED) is 0.905. The number of para-hydroxylation sites is 2. The highest BCUT2D eigenvalue weighted by Crippen LogP contribution is 2.21. The van der Waals surface area contributed by atoms with Gasteiger partial charge < -0.3 is 15.0 Å². The standard InChI is InChI=1S/C16H21N3O2/c1-16(21)9-4-10-19(11-16)15(20)8-7-14-17-12-5-2-3-6-13(12)18-14/h2-3,5-6,21H,4,7-11H2,1H3,(H,17,18). The average Bonchev–Trinajstić information content (AvgIpc) is 2.86. The number of imidazole rings is 1. The summed E-state index contributed by atoms with van der Waals surface area (Å²) in [6.45, 7) is 2.98. The number of aliphatic hydroxyl groups is 1. The van der Waals surface area contributed by atoms with Crippen LogP contribution in [0.15, 0.2) is 24.3 Å². The molecule has 0 saturated carbocycles. The molecule has 2 N–H and O–H groups in total. The summed E-state index contributed by atoms with van der Waals surface area (Å²) < 4.78 is 0. The number of H-pyrrole nitrogens is 1. The molecule has 0 bridgehead atoms. The van der Waals surface area contributed by atoms with Gasteiger partial charge in [0.25, 0.3) is 0 Å². The number of hydrogen-bond acceptors (Lipinski definition) is 3. The topological polar surface area (TPSA) is 69.2 Å². The molecule has 1 atom stereocenters. The van der Waals surface area contributed by atoms with Gasteiger partial charge in [0.1, 0.15) is 5.82 Å². The molecular weight excluding hydrogens is 266 g/mol. The molecule has 1 fully saturated rings. The minimum atomic E-state index is -0.743. The normalized spacial score (nSPS) is 22.7. The van der Waals surface area contributed by atoms with Crippen molar-refractivity contribution in [2.75, 3.05) is 13.1 Å². The Morgan fingerprint density at radius 3 is 3.05 bits per heavy atom. The Labute approximate surface area is 124 Å². The van der Waals surface area contributed by atoms with Gasteiger partial charge in [-0.15, -0.1) is 0 Å². The number of rotatable bonds is 3. The number of carbonyl (C=O) groups excluding carboxylic acids is 1. The van der Waals surface area contributed by atoms with E-state index in [9.17, 15) is 9.90 Å². The van der Waals surface area contributed by atoms with Crippen molar-refractivity contribution in [2.24, 2.45) is 0 Å². The van der Waals surface area contributed by atoms with E-state index in [1.165, 1.54) is 0 Å². The van der Waals surface area contributed by atoms with Crippen LogP contribution >= 0.6 is 0 Å². The van der Waals surface area contributed by atoms with Gasteiger partial charge >= 0.3 is 0 Å². The lowest BCUT2D eigenvalue weighted by molar-refractivity contribution is -0.137. The molecule has 1 amide bonds. The first-order chi connectivity index (χ1) is 10.0. The SMILES string of the molecule is CC1(O)CCCN(C(=O)CCc2nc3ccccc3[nH]2)C1. The predicted molar refractivity (Wildman–Crippen MR) is 80.9 cm³/mol. The van der Waals surface area contributed by atoms with Crippen LogP contribution in [0.5, 0.6) is 0 Å². The number of likely N-dealkylation sites (tertiary alicyclic amines) is 1. The lowest BCUT2D eigenvalue weighted by atomic mass is 9.95. The molecule has 1 aliphatic heterocycles. The highest BCUT2D eigenvalue weighted by molar-refractivity contribution is 5.77. The molecule has 5 nitrogen and oxygen atoms in total. The van der Waals surface area contributed by atoms with Gasteiger partial charge in [-0.3, -0.25) is 4.79 Å². The molecule has 3 rings (SSSR count). The molecule has 0 radical (unpaired) electrons. The van der Waals surface area contributed by atoms with E-state index in [-0.39, 0.29) is 5.91 Å². The van der Waals surface area contributed by atoms with Gasteiger partial charge in [-0.2, -0.15) is 0 Å². The van der Waals surface area contributed by atoms with E-state index < -0.39 is 5.60 Å². The molecule has 0 spiro atoms. The Morgan fingerprint density at radius 2 is 2.29 bits per heavy atom. The zero-order chi connectivity index (χ0) is 14.9. The number of nitrogens with zero attached hydrogens (tertiary/aromatic N) is 2. The molecule has 5 heteroatoms. The van der Waals surface area contributed by atoms with Crippen LogP contribution in [0.2, 0.25) is 0 Å². The number of carbonyl (C=O) groups is 1. The number of amides is 1. The van der Waals surface area contributed by atoms with Crippen LogP contribution in [0, 0.1) is 0 Å². The van der Waals surface area contributed by atoms with Gasteiger partial charge in [-0.05, 0) is 31.9 Å². The van der Waals surface area contributed by atoms with Crippen LogP contribution in [0.4, 0.5) is 0 Å². The molecule has 2 aromatic rings. The minimum Gasteiger partial charge on any atom is -0.388 e. The van der Waals surface area contributed by atoms with Crippen molar-refractivity contribution in [1.82, 2.24) is 14.9 Å². The molecule has 2 heterocycles. The van der Waals surface area contributed by atoms with E-state index >= 15 is 0 Å². The van der Waals surface area contributed by atoms with Crippen LogP contribution in [-0.4, -0.2) is 44.6 Å². The molecule has 0 aliphatic carbocycles. The average molecular weight is 287 g/mol. The number of hydrogen-bond donors (Lipinski definition) is 2. The third-order valence-electron chi connectivity index (χ3n) is 4.04. The Morgan fingerprint density at radius 1 is 1.48 bits per heavy atom. The number of nitrogens with one attached hydrogen (secondary N) is 1. The highest BCUT2D eigenvalue weighted by atomic mass is 16.3. The third kappa shape index (κ3) is 3.24. The maximum absolute atomic E-state index is 12.2. The van der Waals surface area contributed by atoms with E-state index in [0.29, 0.717) is 19.4 Å². The number of aromatic nitrogens is 2. The Balaban J connectivity index is 1.60. The van der Waals surface area contributed by atoms with Crippen LogP contribution in [-0.2, 0) is 11.2 Å². The van der Waals surface area contributed by atoms with Gasteiger partial charge in [0.15, 0.2) is 0 Å². The first-order valence-corrected chi connectivity index (χ1v) is 7.47. The van der Waals surface area contributed by atoms with E-state index in [2.05, 4.69) is 9.97 Å². The Bertz CT molecular complexity index is 615. The summed E-state index contributed by atoms with van der Waals surface area (Å²) in [5, 5.41) is 10.1. The first-order valence-electron chi connectivity index (χ1n) is 7.47. The fourth-order valence-electron chi connectivity index (χ4n) is 2.94. The lowest BCUT2D eigenvalue weighted by Gasteiger charge is -2.36. The van der Waals surface area contributed by atoms with Gasteiger partial charge in [-0.25, -0.2) is 4.98 Å². The predicted octanol–water partition coefficient (Wildman–Crippen LogP) is 1.87. The molecule has 1 aliphatic rings. The second-order valence-corrected chi connectivity index (χ2v) is 6.12. The first kappa shape index (κ1) is 14.1. The zero-order valence-corrected chi connectivity index (χ0v) is 12.3. The number of aryl methyl sites for hydroxylation is 1. The molecule has 1 unspecified atom stereocenters. The van der Waals surface area contributed by atoms with Crippen LogP contribution < -0.4 is 0 Å². The van der Waals surface area contributed by atoms with Gasteiger partial charge in [0.05, 0.1) is 16.6 Å². The van der Waals surface area contributed by atoms with Gasteiger partial charge in [0, 0.05) is 25.9 Å². The number of β-amino-alcohol motifs (C(OH)–C–C–N with tert-alkyl or cyclic N) is 1. The minimum absolute atomic E-state index is 0.0930. The highest BCUT2D eigenvalue weighted by Gasteiger charge is 2.30. The second kappa shape index (κ2) is 5.48. The van der Waals surface area contributed by atoms with Crippen molar-refractivity contribution in [3.63, 3.8) is 0 Å². The van der Waals surface area contributed by atoms with Crippen molar-refractivity contribution in [3.8, 4) is 0 Å². The smallest absolute Gasteiger partial charge is 0.223 e. The summed E-state index contributed by atoms with van der Waals surface area (Å²) >= 11 is 0. The molecule has 1 aromatic carbocycles. The van der Waals surface area contributed by atoms with Crippen molar-refractivity contribution in [1.29, 1.82) is 0 Å². The van der Waals surface area contributed by atoms with Gasteiger partial charge in [-0.1, -0.05) is 12.1 Å². The zero-order valence-electron chi connectivity index (χ0n) is 12.3. The van der Waals surface area contributed by atoms with Crippen LogP contribution in [0.25, 0.3) is 11.0 Å². The van der Waals surface area contributed by atoms with E-state index in [0.717, 1.165) is 36.2 Å². The second-order valence-electron chi connectivity index (χ2n) is 6.12. The summed E-state index contributed by atoms with van der Waals surface area (Å²) in [5.74, 6) is 0.934. The molecule has 1 aromatic heterocycles. The Hall–Kier alpha value is -1.88. The molecule has 1 saturated heterocycles. The maximum atomic E-state index is 12.2. The number of fused-ring (bicyclic) bond motifs is 1. The molecule has 21 heavy (non-hydrogen) atoms. The van der Waals surface area contributed by atoms with E-state index in [4.69, 9.17) is 0 Å². The Kier molecular flexibility index (Phi) is 3.68. The molecular formula is C16H21N3O2. The maximum Gasteiger partial charge on any atom is 0.223 e. The summed E-state index contributed by atoms with van der Waals surface area (Å²) in [6, 6.07) is 7.85. The summed E-state index contributed by atoms with van der Waals surface area (Å²) in [5.41, 5.74) is 1.19. The van der Waals surface area contributed by atoms with Crippen molar-refractivity contribution < 1.29 is 9.90 Å². The van der Waals surface area contributed by atoms with Crippen LogP contribution in [0.3, 0.4) is 0 Å². The summed E-state index contributed by atoms with van der Waals surface area (Å²) in [7, 11) is 0. The summed E-state index contributed by atoms with van der Waals surface area (Å²) in [4.78, 5) is 21.7. The fraction of sp³-hybridized carbons (Fsp3) is 0.500. The lowest BCUT2D eigenvalue weighted by Crippen LogP contribution is -2.48. The number of piperidine rings is 1. The third-order valence-corrected chi connectivity index (χ3v) is 4.04. The number of benzene rings is 1. The van der Waals surface area contributed by atoms with Gasteiger partial charge in [0.2, 0.25) is 5.91 Å². The van der Waals surface area contributed by atoms with Crippen molar-refractivity contribution in [2.45, 2.75) is 38.2 Å². The monoisotopic (exact) mass is 287 g/mol. The van der Waals surface area contributed by atoms with Crippen LogP contribution in [0.1, 0.15) is 32.0 Å². The largest absolute Gasteiger partial charge is 0.388 e. The number of aromatic amines is 1. The van der Waals surface area contributed by atoms with E-state index in [1.54, 1.807) is 11.8 Å². The summed E-state index contributed by atoms with van der Waals surface area (Å²) in [6.07, 6.45) is 2.66. The fourth-order valence-corrected chi connectivity index (χ4v) is 2.94. The molecule has 112 valence electrons. The van der Waals surface area contributed by atoms with Crippen molar-refractivity contribution in [3.05, 3.63) is 30.1 Å². The van der Waals surface area contributed by atoms with E-state index in [1.807, 2.05) is 24.3 Å². The van der Waals surface area contributed by atoms with Crippen molar-refractivity contribution >= 4 is 16.9 Å².